The summed E-state index contributed by atoms with van der Waals surface area (Å²) in [4.78, 5) is 14.5. The third kappa shape index (κ3) is 3.46. The molecule has 6 heteroatoms. The van der Waals surface area contributed by atoms with Crippen molar-refractivity contribution in [2.75, 3.05) is 30.8 Å². The number of benzene rings is 2. The van der Waals surface area contributed by atoms with E-state index < -0.39 is 6.09 Å². The van der Waals surface area contributed by atoms with Crippen LogP contribution in [0.5, 0.6) is 5.75 Å². The molecule has 1 heterocycles. The molecule has 2 aliphatic carbocycles. The van der Waals surface area contributed by atoms with Crippen LogP contribution in [-0.2, 0) is 16.6 Å². The maximum Gasteiger partial charge on any atom is 0.411 e. The third-order valence-corrected chi connectivity index (χ3v) is 8.66. The fourth-order valence-corrected chi connectivity index (χ4v) is 6.99. The molecule has 3 atom stereocenters. The second kappa shape index (κ2) is 8.24. The number of piperidine rings is 1. The molecule has 2 aromatic carbocycles. The molecule has 5 rings (SSSR count). The predicted molar refractivity (Wildman–Crippen MR) is 131 cm³/mol. The van der Waals surface area contributed by atoms with Crippen molar-refractivity contribution in [2.24, 2.45) is 5.41 Å². The number of hydrogen-bond donors (Lipinski definition) is 3. The van der Waals surface area contributed by atoms with Gasteiger partial charge in [-0.25, -0.2) is 4.79 Å². The molecule has 0 unspecified atom stereocenters. The number of para-hydroxylation sites is 2. The average molecular weight is 450 g/mol. The fraction of sp³-hybridized carbons (Fsp3) is 0.519. The molecule has 33 heavy (non-hydrogen) atoms. The van der Waals surface area contributed by atoms with Gasteiger partial charge in [-0.15, -0.1) is 0 Å². The zero-order valence-corrected chi connectivity index (χ0v) is 19.9. The molecule has 1 amide bonds. The Labute approximate surface area is 196 Å². The van der Waals surface area contributed by atoms with E-state index in [4.69, 9.17) is 4.74 Å². The van der Waals surface area contributed by atoms with Crippen LogP contribution in [0.4, 0.5) is 21.9 Å². The highest BCUT2D eigenvalue weighted by Gasteiger charge is 2.60. The molecule has 1 saturated carbocycles. The number of amides is 1. The zero-order chi connectivity index (χ0) is 23.2. The maximum atomic E-state index is 12.0. The Morgan fingerprint density at radius 3 is 2.70 bits per heavy atom. The number of ether oxygens (including phenoxy) is 1. The van der Waals surface area contributed by atoms with E-state index in [1.807, 2.05) is 30.3 Å². The summed E-state index contributed by atoms with van der Waals surface area (Å²) in [5.41, 5.74) is 5.09. The molecule has 3 N–H and O–H groups in total. The van der Waals surface area contributed by atoms with Gasteiger partial charge < -0.3 is 20.1 Å². The van der Waals surface area contributed by atoms with E-state index in [1.54, 1.807) is 6.92 Å². The van der Waals surface area contributed by atoms with Crippen LogP contribution in [0.2, 0.25) is 0 Å². The van der Waals surface area contributed by atoms with E-state index in [9.17, 15) is 9.90 Å². The number of hydrogen-bond acceptors (Lipinski definition) is 5. The Morgan fingerprint density at radius 2 is 1.91 bits per heavy atom. The molecular formula is C27H35N3O3. The zero-order valence-electron chi connectivity index (χ0n) is 19.9. The number of anilines is 3. The number of nitrogens with zero attached hydrogens (tertiary/aromatic N) is 1. The quantitative estimate of drug-likeness (QED) is 0.516. The molecule has 6 nitrogen and oxygen atoms in total. The topological polar surface area (TPSA) is 73.8 Å². The lowest BCUT2D eigenvalue weighted by atomic mass is 9.45. The first-order valence-corrected chi connectivity index (χ1v) is 12.2. The van der Waals surface area contributed by atoms with E-state index in [0.717, 1.165) is 25.1 Å². The van der Waals surface area contributed by atoms with Gasteiger partial charge in [-0.05, 0) is 87.0 Å². The Kier molecular flexibility index (Phi) is 5.52. The van der Waals surface area contributed by atoms with Crippen molar-refractivity contribution in [1.82, 2.24) is 4.90 Å². The summed E-state index contributed by atoms with van der Waals surface area (Å²) in [5.74, 6) is 0.263. The van der Waals surface area contributed by atoms with Gasteiger partial charge in [0.2, 0.25) is 0 Å². The molecule has 1 saturated heterocycles. The number of fused-ring (bicyclic) bond motifs is 1. The summed E-state index contributed by atoms with van der Waals surface area (Å²) >= 11 is 0. The largest absolute Gasteiger partial charge is 0.506 e. The minimum absolute atomic E-state index is 0.148. The van der Waals surface area contributed by atoms with Crippen LogP contribution in [0.15, 0.2) is 36.4 Å². The van der Waals surface area contributed by atoms with Crippen molar-refractivity contribution < 1.29 is 14.6 Å². The van der Waals surface area contributed by atoms with Crippen molar-refractivity contribution in [1.29, 1.82) is 0 Å². The molecule has 2 bridgehead atoms. The van der Waals surface area contributed by atoms with Gasteiger partial charge in [0.25, 0.3) is 0 Å². The van der Waals surface area contributed by atoms with Crippen LogP contribution >= 0.6 is 0 Å². The van der Waals surface area contributed by atoms with Crippen LogP contribution in [0.1, 0.15) is 57.1 Å². The first kappa shape index (κ1) is 22.1. The van der Waals surface area contributed by atoms with Crippen LogP contribution in [0.25, 0.3) is 0 Å². The normalized spacial score (nSPS) is 28.4. The van der Waals surface area contributed by atoms with E-state index in [0.29, 0.717) is 24.0 Å². The van der Waals surface area contributed by atoms with E-state index >= 15 is 0 Å². The van der Waals surface area contributed by atoms with Gasteiger partial charge in [-0.3, -0.25) is 5.32 Å². The summed E-state index contributed by atoms with van der Waals surface area (Å²) in [5, 5.41) is 17.3. The lowest BCUT2D eigenvalue weighted by molar-refractivity contribution is -0.0735. The lowest BCUT2D eigenvalue weighted by Crippen LogP contribution is -2.66. The van der Waals surface area contributed by atoms with Gasteiger partial charge in [-0.2, -0.15) is 0 Å². The lowest BCUT2D eigenvalue weighted by Gasteiger charge is -2.65. The van der Waals surface area contributed by atoms with Gasteiger partial charge in [0.1, 0.15) is 5.75 Å². The fourth-order valence-electron chi connectivity index (χ4n) is 6.99. The van der Waals surface area contributed by atoms with Gasteiger partial charge in [-0.1, -0.05) is 31.9 Å². The Morgan fingerprint density at radius 1 is 1.15 bits per heavy atom. The summed E-state index contributed by atoms with van der Waals surface area (Å²) in [7, 11) is 2.27. The Hall–Kier alpha value is -2.73. The first-order chi connectivity index (χ1) is 15.9. The van der Waals surface area contributed by atoms with Crippen molar-refractivity contribution in [3.63, 3.8) is 0 Å². The number of likely N-dealkylation sites (tertiary alicyclic amines) is 1. The maximum absolute atomic E-state index is 12.0. The second-order valence-corrected chi connectivity index (χ2v) is 10.2. The highest BCUT2D eigenvalue weighted by molar-refractivity contribution is 5.91. The number of nitrogens with one attached hydrogen (secondary N) is 2. The number of likely N-dealkylation sites (N-methyl/N-ethyl adjacent to an activating group) is 1. The number of rotatable bonds is 4. The van der Waals surface area contributed by atoms with Crippen molar-refractivity contribution >= 4 is 23.2 Å². The van der Waals surface area contributed by atoms with Gasteiger partial charge >= 0.3 is 6.09 Å². The van der Waals surface area contributed by atoms with Gasteiger partial charge in [0, 0.05) is 11.5 Å². The minimum Gasteiger partial charge on any atom is -0.506 e. The molecule has 1 aliphatic heterocycles. The molecular weight excluding hydrogens is 414 g/mol. The van der Waals surface area contributed by atoms with Crippen LogP contribution < -0.4 is 10.6 Å². The van der Waals surface area contributed by atoms with E-state index in [2.05, 4.69) is 35.6 Å². The predicted octanol–water partition coefficient (Wildman–Crippen LogP) is 5.78. The summed E-state index contributed by atoms with van der Waals surface area (Å²) < 4.78 is 5.03. The highest BCUT2D eigenvalue weighted by atomic mass is 16.5. The SMILES string of the molecule is CCOC(=O)Nc1ccccc1Nc1cc2c(cc1O)[C@]13CCCC[C@]1(C)[C@H](C2)N(C)CC3. The van der Waals surface area contributed by atoms with E-state index in [1.165, 1.54) is 36.8 Å². The number of carbonyl (C=O) groups is 1. The molecule has 0 aromatic heterocycles. The third-order valence-electron chi connectivity index (χ3n) is 8.66. The minimum atomic E-state index is -0.493. The number of phenolic OH excluding ortho intramolecular Hbond substituents is 1. The molecule has 3 aliphatic rings. The summed E-state index contributed by atoms with van der Waals surface area (Å²) in [6.45, 7) is 5.70. The van der Waals surface area contributed by atoms with Crippen LogP contribution in [-0.4, -0.2) is 42.3 Å². The standard InChI is InChI=1S/C27H35N3O3/c1-4-33-25(32)29-21-10-6-5-9-20(21)28-22-15-18-16-24-26(2)11-7-8-12-27(26,13-14-30(24)3)19(18)17-23(22)31/h5-6,9-10,15,17,24,28,31H,4,7-8,11-14,16H2,1-3H3,(H,29,32)/t24-,26+,27+/m0/s1. The smallest absolute Gasteiger partial charge is 0.411 e. The van der Waals surface area contributed by atoms with E-state index in [-0.39, 0.29) is 16.6 Å². The van der Waals surface area contributed by atoms with Crippen molar-refractivity contribution in [3.8, 4) is 5.75 Å². The van der Waals surface area contributed by atoms with Crippen LogP contribution in [0.3, 0.4) is 0 Å². The average Bonchev–Trinajstić information content (AvgIpc) is 2.79. The second-order valence-electron chi connectivity index (χ2n) is 10.2. The number of carbonyl (C=O) groups excluding carboxylic acids is 1. The monoisotopic (exact) mass is 449 g/mol. The Bertz CT molecular complexity index is 1070. The summed E-state index contributed by atoms with van der Waals surface area (Å²) in [6, 6.07) is 12.2. The van der Waals surface area contributed by atoms with Crippen molar-refractivity contribution in [2.45, 2.75) is 63.8 Å². The first-order valence-electron chi connectivity index (χ1n) is 12.2. The summed E-state index contributed by atoms with van der Waals surface area (Å²) in [6.07, 6.45) is 6.69. The molecule has 2 aromatic rings. The molecule has 2 fully saturated rings. The highest BCUT2D eigenvalue weighted by Crippen LogP contribution is 2.63. The Balaban J connectivity index is 1.52. The van der Waals surface area contributed by atoms with Crippen LogP contribution in [0, 0.1) is 5.41 Å². The molecule has 176 valence electrons. The molecule has 0 spiro atoms. The number of aromatic hydroxyl groups is 1. The molecule has 0 radical (unpaired) electrons. The van der Waals surface area contributed by atoms with Gasteiger partial charge in [0.15, 0.2) is 0 Å². The van der Waals surface area contributed by atoms with Gasteiger partial charge in [0.05, 0.1) is 23.7 Å². The number of phenols is 1. The van der Waals surface area contributed by atoms with Crippen molar-refractivity contribution in [3.05, 3.63) is 47.5 Å².